The molecule has 0 saturated carbocycles. The summed E-state index contributed by atoms with van der Waals surface area (Å²) in [5.74, 6) is -0.852. The molecule has 1 aromatic heterocycles. The van der Waals surface area contributed by atoms with Crippen molar-refractivity contribution in [2.75, 3.05) is 11.1 Å². The monoisotopic (exact) mass is 326 g/mol. The van der Waals surface area contributed by atoms with E-state index in [1.54, 1.807) is 22.0 Å². The Balaban J connectivity index is 1.79. The molecule has 0 aromatic carbocycles. The number of fused-ring (bicyclic) bond motifs is 1. The third-order valence-electron chi connectivity index (χ3n) is 3.88. The maximum atomic E-state index is 12.4. The predicted molar refractivity (Wildman–Crippen MR) is 80.6 cm³/mol. The van der Waals surface area contributed by atoms with E-state index in [9.17, 15) is 14.4 Å². The lowest BCUT2D eigenvalue weighted by Gasteiger charge is -2.29. The Kier molecular flexibility index (Phi) is 3.45. The van der Waals surface area contributed by atoms with Crippen molar-refractivity contribution in [1.82, 2.24) is 4.90 Å². The van der Waals surface area contributed by atoms with Crippen LogP contribution in [0.25, 0.3) is 0 Å². The van der Waals surface area contributed by atoms with Gasteiger partial charge in [0.1, 0.15) is 11.0 Å². The zero-order chi connectivity index (χ0) is 15.2. The largest absolute Gasteiger partial charge is 0.478 e. The molecular weight excluding hydrogens is 312 g/mol. The maximum Gasteiger partial charge on any atom is 0.338 e. The van der Waals surface area contributed by atoms with Crippen LogP contribution in [0.15, 0.2) is 11.4 Å². The molecule has 8 heteroatoms. The number of amides is 2. The second kappa shape index (κ2) is 5.03. The summed E-state index contributed by atoms with van der Waals surface area (Å²) in [5.41, 5.74) is 0.0783. The lowest BCUT2D eigenvalue weighted by molar-refractivity contribution is -0.135. The quantitative estimate of drug-likeness (QED) is 0.885. The first-order valence-corrected chi connectivity index (χ1v) is 8.37. The number of carboxylic acids is 1. The molecule has 1 aromatic rings. The Bertz CT molecular complexity index is 629. The minimum Gasteiger partial charge on any atom is -0.478 e. The Labute approximate surface area is 129 Å². The van der Waals surface area contributed by atoms with Crippen molar-refractivity contribution in [2.45, 2.75) is 30.7 Å². The van der Waals surface area contributed by atoms with E-state index in [2.05, 4.69) is 5.32 Å². The van der Waals surface area contributed by atoms with Crippen LogP contribution in [-0.2, 0) is 9.59 Å². The van der Waals surface area contributed by atoms with Crippen LogP contribution < -0.4 is 5.32 Å². The van der Waals surface area contributed by atoms with Crippen molar-refractivity contribution >= 4 is 45.9 Å². The average molecular weight is 326 g/mol. The van der Waals surface area contributed by atoms with Gasteiger partial charge in [0, 0.05) is 12.2 Å². The van der Waals surface area contributed by atoms with Gasteiger partial charge in [-0.1, -0.05) is 0 Å². The van der Waals surface area contributed by atoms with Crippen molar-refractivity contribution < 1.29 is 19.5 Å². The van der Waals surface area contributed by atoms with Crippen molar-refractivity contribution in [1.29, 1.82) is 0 Å². The van der Waals surface area contributed by atoms with E-state index in [4.69, 9.17) is 5.11 Å². The number of carbonyl (C=O) groups excluding carboxylic acids is 2. The molecule has 0 bridgehead atoms. The van der Waals surface area contributed by atoms with Gasteiger partial charge in [0.15, 0.2) is 0 Å². The minimum atomic E-state index is -1.07. The Morgan fingerprint density at radius 3 is 3.00 bits per heavy atom. The first-order valence-electron chi connectivity index (χ1n) is 6.50. The summed E-state index contributed by atoms with van der Waals surface area (Å²) in [4.78, 5) is 36.8. The number of nitrogens with zero attached hydrogens (tertiary/aromatic N) is 1. The smallest absolute Gasteiger partial charge is 0.338 e. The Morgan fingerprint density at radius 2 is 2.29 bits per heavy atom. The number of nitrogens with one attached hydrogen (secondary N) is 1. The third kappa shape index (κ3) is 2.32. The van der Waals surface area contributed by atoms with Gasteiger partial charge >= 0.3 is 5.97 Å². The molecule has 2 N–H and O–H groups in total. The zero-order valence-electron chi connectivity index (χ0n) is 11.3. The molecule has 6 nitrogen and oxygen atoms in total. The van der Waals surface area contributed by atoms with Gasteiger partial charge in [-0.15, -0.1) is 23.1 Å². The first kappa shape index (κ1) is 14.4. The van der Waals surface area contributed by atoms with E-state index >= 15 is 0 Å². The maximum absolute atomic E-state index is 12.4. The van der Waals surface area contributed by atoms with Gasteiger partial charge < -0.3 is 15.3 Å². The predicted octanol–water partition coefficient (Wildman–Crippen LogP) is 1.84. The molecule has 2 aliphatic rings. The summed E-state index contributed by atoms with van der Waals surface area (Å²) in [7, 11) is 0. The van der Waals surface area contributed by atoms with Crippen molar-refractivity contribution in [3.05, 3.63) is 17.0 Å². The normalized spacial score (nSPS) is 27.8. The summed E-state index contributed by atoms with van der Waals surface area (Å²) < 4.78 is 0. The number of thiophene rings is 1. The molecule has 3 rings (SSSR count). The van der Waals surface area contributed by atoms with Gasteiger partial charge in [-0.3, -0.25) is 9.59 Å². The van der Waals surface area contributed by atoms with Crippen molar-refractivity contribution in [3.8, 4) is 0 Å². The second-order valence-corrected chi connectivity index (χ2v) is 7.64. The molecular formula is C13H14N2O4S2. The molecule has 0 radical (unpaired) electrons. The molecule has 2 fully saturated rings. The van der Waals surface area contributed by atoms with Crippen LogP contribution >= 0.6 is 23.1 Å². The van der Waals surface area contributed by atoms with Crippen LogP contribution in [0.5, 0.6) is 0 Å². The topological polar surface area (TPSA) is 86.7 Å². The van der Waals surface area contributed by atoms with E-state index in [1.807, 2.05) is 6.92 Å². The van der Waals surface area contributed by atoms with Crippen molar-refractivity contribution in [2.24, 2.45) is 0 Å². The van der Waals surface area contributed by atoms with Gasteiger partial charge in [0.2, 0.25) is 11.8 Å². The minimum absolute atomic E-state index is 0.00714. The molecule has 0 spiro atoms. The number of aromatic carboxylic acids is 1. The number of hydrogen-bond donors (Lipinski definition) is 2. The second-order valence-electron chi connectivity index (χ2n) is 5.22. The fraction of sp³-hybridized carbons (Fsp3) is 0.462. The van der Waals surface area contributed by atoms with Gasteiger partial charge in [-0.05, 0) is 24.8 Å². The molecule has 2 aliphatic heterocycles. The average Bonchev–Trinajstić information content (AvgIpc) is 3.06. The van der Waals surface area contributed by atoms with E-state index in [0.29, 0.717) is 17.2 Å². The van der Waals surface area contributed by atoms with E-state index in [0.717, 1.165) is 6.42 Å². The highest BCUT2D eigenvalue weighted by molar-refractivity contribution is 8.01. The molecule has 2 unspecified atom stereocenters. The molecule has 2 amide bonds. The van der Waals surface area contributed by atoms with Crippen LogP contribution in [0.2, 0.25) is 0 Å². The van der Waals surface area contributed by atoms with Gasteiger partial charge in [-0.2, -0.15) is 0 Å². The third-order valence-corrected chi connectivity index (χ3v) is 6.21. The molecule has 0 aliphatic carbocycles. The Morgan fingerprint density at radius 1 is 1.52 bits per heavy atom. The molecule has 2 saturated heterocycles. The summed E-state index contributed by atoms with van der Waals surface area (Å²) in [6.45, 7) is 1.98. The SMILES string of the molecule is CC12CCC(=O)N1C(C(=O)Nc1sccc1C(=O)O)CS2. The number of carboxylic acid groups (broad SMARTS) is 1. The van der Waals surface area contributed by atoms with E-state index in [-0.39, 0.29) is 22.2 Å². The molecule has 21 heavy (non-hydrogen) atoms. The number of carbonyl (C=O) groups is 3. The number of thioether (sulfide) groups is 1. The number of hydrogen-bond acceptors (Lipinski definition) is 5. The van der Waals surface area contributed by atoms with Crippen molar-refractivity contribution in [3.63, 3.8) is 0 Å². The van der Waals surface area contributed by atoms with E-state index in [1.165, 1.54) is 17.4 Å². The van der Waals surface area contributed by atoms with Crippen LogP contribution in [0, 0.1) is 0 Å². The van der Waals surface area contributed by atoms with E-state index < -0.39 is 12.0 Å². The molecule has 3 heterocycles. The first-order chi connectivity index (χ1) is 9.92. The van der Waals surface area contributed by atoms with Gasteiger partial charge in [0.25, 0.3) is 0 Å². The van der Waals surface area contributed by atoms with Crippen LogP contribution in [0.1, 0.15) is 30.1 Å². The standard InChI is InChI=1S/C13H14N2O4S2/c1-13-4-2-9(16)15(13)8(6-21-13)10(17)14-11-7(12(18)19)3-5-20-11/h3,5,8H,2,4,6H2,1H3,(H,14,17)(H,18,19). The number of anilines is 1. The highest BCUT2D eigenvalue weighted by Crippen LogP contribution is 2.47. The Hall–Kier alpha value is -1.54. The van der Waals surface area contributed by atoms with Crippen LogP contribution in [0.3, 0.4) is 0 Å². The fourth-order valence-corrected chi connectivity index (χ4v) is 5.00. The van der Waals surface area contributed by atoms with Crippen LogP contribution in [-0.4, -0.2) is 44.5 Å². The lowest BCUT2D eigenvalue weighted by atomic mass is 10.2. The number of rotatable bonds is 3. The zero-order valence-corrected chi connectivity index (χ0v) is 12.9. The lowest BCUT2D eigenvalue weighted by Crippen LogP contribution is -2.48. The fourth-order valence-electron chi connectivity index (χ4n) is 2.78. The molecule has 112 valence electrons. The highest BCUT2D eigenvalue weighted by atomic mass is 32.2. The summed E-state index contributed by atoms with van der Waals surface area (Å²) >= 11 is 2.78. The summed E-state index contributed by atoms with van der Waals surface area (Å²) in [6, 6.07) is 0.927. The van der Waals surface area contributed by atoms with Gasteiger partial charge in [-0.25, -0.2) is 4.79 Å². The van der Waals surface area contributed by atoms with Crippen LogP contribution in [0.4, 0.5) is 5.00 Å². The summed E-state index contributed by atoms with van der Waals surface area (Å²) in [6.07, 6.45) is 1.21. The summed E-state index contributed by atoms with van der Waals surface area (Å²) in [5, 5.41) is 13.6. The highest BCUT2D eigenvalue weighted by Gasteiger charge is 2.52. The van der Waals surface area contributed by atoms with Gasteiger partial charge in [0.05, 0.1) is 10.4 Å². The molecule has 2 atom stereocenters.